The summed E-state index contributed by atoms with van der Waals surface area (Å²) in [6.45, 7) is 1.84. The molecule has 18 heavy (non-hydrogen) atoms. The molecule has 0 saturated carbocycles. The van der Waals surface area contributed by atoms with Crippen molar-refractivity contribution >= 4 is 29.2 Å². The highest BCUT2D eigenvalue weighted by Gasteiger charge is 2.19. The first-order chi connectivity index (χ1) is 8.58. The minimum Gasteiger partial charge on any atom is -0.394 e. The maximum absolute atomic E-state index is 12.0. The standard InChI is InChI=1S/C12H20N4OS/c1-8-11(13)12(16(2)15-8)14-10(17)7-9-3-5-18-6-4-9/h9H,3-7,13H2,1-2H3,(H,14,17). The van der Waals surface area contributed by atoms with Gasteiger partial charge in [-0.05, 0) is 37.2 Å². The molecule has 6 heteroatoms. The average Bonchev–Trinajstić information content (AvgIpc) is 2.57. The van der Waals surface area contributed by atoms with Crippen molar-refractivity contribution in [3.05, 3.63) is 5.69 Å². The Balaban J connectivity index is 1.94. The number of anilines is 2. The normalized spacial score (nSPS) is 16.8. The van der Waals surface area contributed by atoms with Gasteiger partial charge in [0.1, 0.15) is 0 Å². The highest BCUT2D eigenvalue weighted by molar-refractivity contribution is 7.99. The fourth-order valence-electron chi connectivity index (χ4n) is 2.22. The Kier molecular flexibility index (Phi) is 4.16. The van der Waals surface area contributed by atoms with Crippen molar-refractivity contribution in [3.8, 4) is 0 Å². The van der Waals surface area contributed by atoms with E-state index in [2.05, 4.69) is 10.4 Å². The van der Waals surface area contributed by atoms with Crippen LogP contribution in [0.4, 0.5) is 11.5 Å². The van der Waals surface area contributed by atoms with Crippen molar-refractivity contribution in [1.82, 2.24) is 9.78 Å². The van der Waals surface area contributed by atoms with Crippen LogP contribution in [0.2, 0.25) is 0 Å². The molecule has 0 aromatic carbocycles. The van der Waals surface area contributed by atoms with Gasteiger partial charge in [-0.1, -0.05) is 0 Å². The van der Waals surface area contributed by atoms with Gasteiger partial charge in [0.2, 0.25) is 5.91 Å². The number of nitrogens with one attached hydrogen (secondary N) is 1. The molecule has 1 aliphatic rings. The maximum atomic E-state index is 12.0. The number of hydrogen-bond donors (Lipinski definition) is 2. The van der Waals surface area contributed by atoms with Gasteiger partial charge in [-0.3, -0.25) is 9.48 Å². The van der Waals surface area contributed by atoms with Gasteiger partial charge in [-0.15, -0.1) is 0 Å². The fourth-order valence-corrected chi connectivity index (χ4v) is 3.42. The van der Waals surface area contributed by atoms with Crippen molar-refractivity contribution in [2.75, 3.05) is 22.6 Å². The molecule has 0 unspecified atom stereocenters. The summed E-state index contributed by atoms with van der Waals surface area (Å²) >= 11 is 1.97. The highest BCUT2D eigenvalue weighted by atomic mass is 32.2. The number of nitrogens with zero attached hydrogens (tertiary/aromatic N) is 2. The van der Waals surface area contributed by atoms with Crippen LogP contribution in [-0.2, 0) is 11.8 Å². The molecule has 1 aromatic rings. The lowest BCUT2D eigenvalue weighted by atomic mass is 9.98. The predicted molar refractivity (Wildman–Crippen MR) is 75.7 cm³/mol. The van der Waals surface area contributed by atoms with Crippen molar-refractivity contribution < 1.29 is 4.79 Å². The first kappa shape index (κ1) is 13.3. The monoisotopic (exact) mass is 268 g/mol. The summed E-state index contributed by atoms with van der Waals surface area (Å²) < 4.78 is 1.62. The zero-order valence-corrected chi connectivity index (χ0v) is 11.7. The second-order valence-electron chi connectivity index (χ2n) is 4.78. The Labute approximate surface area is 111 Å². The second kappa shape index (κ2) is 5.65. The van der Waals surface area contributed by atoms with E-state index in [1.807, 2.05) is 18.7 Å². The number of rotatable bonds is 3. The van der Waals surface area contributed by atoms with Gasteiger partial charge in [-0.2, -0.15) is 16.9 Å². The van der Waals surface area contributed by atoms with Crippen LogP contribution in [0.5, 0.6) is 0 Å². The molecule has 0 bridgehead atoms. The molecule has 5 nitrogen and oxygen atoms in total. The molecular formula is C12H20N4OS. The fraction of sp³-hybridized carbons (Fsp3) is 0.667. The molecule has 1 aromatic heterocycles. The number of hydrogen-bond acceptors (Lipinski definition) is 4. The zero-order chi connectivity index (χ0) is 13.1. The first-order valence-corrected chi connectivity index (χ1v) is 7.40. The van der Waals surface area contributed by atoms with Crippen LogP contribution in [0.3, 0.4) is 0 Å². The van der Waals surface area contributed by atoms with Crippen LogP contribution in [0.1, 0.15) is 25.0 Å². The minimum absolute atomic E-state index is 0.0431. The molecular weight excluding hydrogens is 248 g/mol. The smallest absolute Gasteiger partial charge is 0.225 e. The van der Waals surface area contributed by atoms with E-state index in [0.717, 1.165) is 18.5 Å². The third kappa shape index (κ3) is 2.98. The van der Waals surface area contributed by atoms with Gasteiger partial charge in [-0.25, -0.2) is 0 Å². The van der Waals surface area contributed by atoms with Gasteiger partial charge in [0.05, 0.1) is 11.4 Å². The number of nitrogens with two attached hydrogens (primary N) is 1. The minimum atomic E-state index is 0.0431. The van der Waals surface area contributed by atoms with Crippen LogP contribution >= 0.6 is 11.8 Å². The topological polar surface area (TPSA) is 72.9 Å². The van der Waals surface area contributed by atoms with Crippen LogP contribution in [-0.4, -0.2) is 27.2 Å². The van der Waals surface area contributed by atoms with E-state index in [4.69, 9.17) is 5.73 Å². The van der Waals surface area contributed by atoms with Crippen molar-refractivity contribution in [2.45, 2.75) is 26.2 Å². The van der Waals surface area contributed by atoms with Crippen LogP contribution in [0.25, 0.3) is 0 Å². The summed E-state index contributed by atoms with van der Waals surface area (Å²) in [6.07, 6.45) is 2.86. The van der Waals surface area contributed by atoms with E-state index in [-0.39, 0.29) is 5.91 Å². The van der Waals surface area contributed by atoms with E-state index in [9.17, 15) is 4.79 Å². The number of aryl methyl sites for hydroxylation is 2. The number of carbonyl (C=O) groups excluding carboxylic acids is 1. The van der Waals surface area contributed by atoms with Gasteiger partial charge in [0.25, 0.3) is 0 Å². The third-order valence-corrected chi connectivity index (χ3v) is 4.39. The lowest BCUT2D eigenvalue weighted by molar-refractivity contribution is -0.117. The van der Waals surface area contributed by atoms with Crippen molar-refractivity contribution in [3.63, 3.8) is 0 Å². The molecule has 0 atom stereocenters. The quantitative estimate of drug-likeness (QED) is 0.876. The summed E-state index contributed by atoms with van der Waals surface area (Å²) in [7, 11) is 1.79. The molecule has 3 N–H and O–H groups in total. The maximum Gasteiger partial charge on any atom is 0.225 e. The van der Waals surface area contributed by atoms with E-state index >= 15 is 0 Å². The summed E-state index contributed by atoms with van der Waals surface area (Å²) in [5, 5.41) is 7.06. The molecule has 2 heterocycles. The Morgan fingerprint density at radius 3 is 2.78 bits per heavy atom. The third-order valence-electron chi connectivity index (χ3n) is 3.34. The molecule has 1 amide bonds. The number of aromatic nitrogens is 2. The van der Waals surface area contributed by atoms with Gasteiger partial charge in [0.15, 0.2) is 5.82 Å². The van der Waals surface area contributed by atoms with Crippen molar-refractivity contribution in [2.24, 2.45) is 13.0 Å². The summed E-state index contributed by atoms with van der Waals surface area (Å²) in [4.78, 5) is 12.0. The summed E-state index contributed by atoms with van der Waals surface area (Å²) in [5.74, 6) is 3.52. The number of amides is 1. The van der Waals surface area contributed by atoms with Crippen LogP contribution < -0.4 is 11.1 Å². The van der Waals surface area contributed by atoms with Crippen LogP contribution in [0, 0.1) is 12.8 Å². The number of carbonyl (C=O) groups is 1. The number of nitrogen functional groups attached to an aromatic ring is 1. The SMILES string of the molecule is Cc1nn(C)c(NC(=O)CC2CCSCC2)c1N. The average molecular weight is 268 g/mol. The van der Waals surface area contributed by atoms with E-state index in [1.165, 1.54) is 11.5 Å². The molecule has 0 aliphatic carbocycles. The van der Waals surface area contributed by atoms with Gasteiger partial charge in [0, 0.05) is 13.5 Å². The summed E-state index contributed by atoms with van der Waals surface area (Å²) in [6, 6.07) is 0. The Morgan fingerprint density at radius 2 is 2.22 bits per heavy atom. The molecule has 1 fully saturated rings. The molecule has 1 saturated heterocycles. The van der Waals surface area contributed by atoms with E-state index < -0.39 is 0 Å². The number of thioether (sulfide) groups is 1. The van der Waals surface area contributed by atoms with Crippen LogP contribution in [0.15, 0.2) is 0 Å². The van der Waals surface area contributed by atoms with Crippen molar-refractivity contribution in [1.29, 1.82) is 0 Å². The largest absolute Gasteiger partial charge is 0.394 e. The Hall–Kier alpha value is -1.17. The highest BCUT2D eigenvalue weighted by Crippen LogP contribution is 2.26. The van der Waals surface area contributed by atoms with E-state index in [0.29, 0.717) is 23.8 Å². The molecule has 0 spiro atoms. The van der Waals surface area contributed by atoms with E-state index in [1.54, 1.807) is 11.7 Å². The molecule has 2 rings (SSSR count). The second-order valence-corrected chi connectivity index (χ2v) is 6.00. The predicted octanol–water partition coefficient (Wildman–Crippen LogP) is 1.78. The Morgan fingerprint density at radius 1 is 1.56 bits per heavy atom. The first-order valence-electron chi connectivity index (χ1n) is 6.24. The lowest BCUT2D eigenvalue weighted by Crippen LogP contribution is -2.21. The zero-order valence-electron chi connectivity index (χ0n) is 10.9. The molecule has 1 aliphatic heterocycles. The van der Waals surface area contributed by atoms with Gasteiger partial charge >= 0.3 is 0 Å². The summed E-state index contributed by atoms with van der Waals surface area (Å²) in [5.41, 5.74) is 7.20. The van der Waals surface area contributed by atoms with Gasteiger partial charge < -0.3 is 11.1 Å². The molecule has 0 radical (unpaired) electrons. The molecule has 100 valence electrons. The Bertz CT molecular complexity index is 438. The lowest BCUT2D eigenvalue weighted by Gasteiger charge is -2.20.